The molecule has 0 radical (unpaired) electrons. The van der Waals surface area contributed by atoms with E-state index in [2.05, 4.69) is 21.3 Å². The molecule has 2 aromatic carbocycles. The van der Waals surface area contributed by atoms with Crippen LogP contribution in [-0.4, -0.2) is 58.8 Å². The predicted molar refractivity (Wildman–Crippen MR) is 161 cm³/mol. The lowest BCUT2D eigenvalue weighted by Crippen LogP contribution is -2.47. The van der Waals surface area contributed by atoms with E-state index in [9.17, 15) is 19.2 Å². The number of alkyl carbamates (subject to hydrolysis) is 2. The number of hydrogen-bond donors (Lipinski definition) is 4. The number of anilines is 2. The van der Waals surface area contributed by atoms with E-state index in [1.807, 2.05) is 12.1 Å². The summed E-state index contributed by atoms with van der Waals surface area (Å²) in [5, 5.41) is 10.8. The zero-order valence-corrected chi connectivity index (χ0v) is 25.2. The summed E-state index contributed by atoms with van der Waals surface area (Å²) >= 11 is 0. The van der Waals surface area contributed by atoms with Crippen molar-refractivity contribution >= 4 is 57.0 Å². The van der Waals surface area contributed by atoms with Crippen molar-refractivity contribution in [3.05, 3.63) is 60.7 Å². The molecule has 0 saturated carbocycles. The third-order valence-corrected chi connectivity index (χ3v) is 7.07. The van der Waals surface area contributed by atoms with Gasteiger partial charge in [-0.15, -0.1) is 0 Å². The van der Waals surface area contributed by atoms with Crippen molar-refractivity contribution in [3.63, 3.8) is 0 Å². The van der Waals surface area contributed by atoms with Crippen molar-refractivity contribution in [1.29, 1.82) is 0 Å². The van der Waals surface area contributed by atoms with E-state index in [4.69, 9.17) is 9.47 Å². The number of carbonyl (C=O) groups excluding carboxylic acids is 4. The van der Waals surface area contributed by atoms with Gasteiger partial charge in [0.2, 0.25) is 11.8 Å². The highest BCUT2D eigenvalue weighted by atomic mass is 33.1. The SMILES string of the molecule is CC(C)(C)OC(=O)NC(CSSCC(NC(=O)OC(C)(C)C)C(=O)Nc1ccccc1)C(=O)Nc1ccccc1. The second-order valence-electron chi connectivity index (χ2n) is 10.7. The quantitative estimate of drug-likeness (QED) is 0.201. The highest BCUT2D eigenvalue weighted by molar-refractivity contribution is 8.76. The minimum absolute atomic E-state index is 0.169. The maximum Gasteiger partial charge on any atom is 0.408 e. The summed E-state index contributed by atoms with van der Waals surface area (Å²) in [7, 11) is 2.53. The number of benzene rings is 2. The number of para-hydroxylation sites is 2. The zero-order valence-electron chi connectivity index (χ0n) is 23.6. The van der Waals surface area contributed by atoms with E-state index in [1.54, 1.807) is 90.1 Å². The number of carbonyl (C=O) groups is 4. The topological polar surface area (TPSA) is 135 Å². The highest BCUT2D eigenvalue weighted by Gasteiger charge is 2.27. The Morgan fingerprint density at radius 2 is 0.950 bits per heavy atom. The normalized spacial score (nSPS) is 12.8. The van der Waals surface area contributed by atoms with Gasteiger partial charge in [-0.3, -0.25) is 9.59 Å². The Morgan fingerprint density at radius 1 is 0.625 bits per heavy atom. The first-order chi connectivity index (χ1) is 18.7. The van der Waals surface area contributed by atoms with Gasteiger partial charge in [-0.05, 0) is 65.8 Å². The van der Waals surface area contributed by atoms with Gasteiger partial charge >= 0.3 is 12.2 Å². The van der Waals surface area contributed by atoms with Gasteiger partial charge < -0.3 is 30.7 Å². The smallest absolute Gasteiger partial charge is 0.408 e. The first kappa shape index (κ1) is 32.8. The fourth-order valence-corrected chi connectivity index (χ4v) is 5.33. The first-order valence-corrected chi connectivity index (χ1v) is 15.2. The summed E-state index contributed by atoms with van der Waals surface area (Å²) in [6.07, 6.45) is -1.45. The summed E-state index contributed by atoms with van der Waals surface area (Å²) in [6, 6.07) is 15.9. The molecule has 2 unspecified atom stereocenters. The number of amides is 4. The third kappa shape index (κ3) is 13.6. The summed E-state index contributed by atoms with van der Waals surface area (Å²) in [5.74, 6) is -0.504. The molecule has 10 nitrogen and oxygen atoms in total. The molecule has 2 rings (SSSR count). The molecule has 218 valence electrons. The molecule has 2 aromatic rings. The number of nitrogens with one attached hydrogen (secondary N) is 4. The summed E-state index contributed by atoms with van der Waals surface area (Å²) in [4.78, 5) is 50.8. The summed E-state index contributed by atoms with van der Waals surface area (Å²) in [5.41, 5.74) is -0.307. The van der Waals surface area contributed by atoms with Crippen molar-refractivity contribution in [3.8, 4) is 0 Å². The molecule has 12 heteroatoms. The van der Waals surface area contributed by atoms with E-state index in [0.29, 0.717) is 11.4 Å². The molecule has 4 amide bonds. The van der Waals surface area contributed by atoms with Crippen LogP contribution in [0, 0.1) is 0 Å². The molecule has 0 aromatic heterocycles. The highest BCUT2D eigenvalue weighted by Crippen LogP contribution is 2.24. The molecule has 2 atom stereocenters. The number of hydrogen-bond acceptors (Lipinski definition) is 8. The van der Waals surface area contributed by atoms with Gasteiger partial charge in [0.1, 0.15) is 23.3 Å². The molecule has 4 N–H and O–H groups in total. The van der Waals surface area contributed by atoms with E-state index in [-0.39, 0.29) is 11.5 Å². The molecule has 0 aliphatic heterocycles. The largest absolute Gasteiger partial charge is 0.444 e. The number of ether oxygens (including phenoxy) is 2. The van der Waals surface area contributed by atoms with Crippen LogP contribution in [-0.2, 0) is 19.1 Å². The Bertz CT molecular complexity index is 1030. The second-order valence-corrected chi connectivity index (χ2v) is 13.2. The summed E-state index contributed by atoms with van der Waals surface area (Å²) in [6.45, 7) is 10.4. The van der Waals surface area contributed by atoms with Gasteiger partial charge in [-0.2, -0.15) is 0 Å². The van der Waals surface area contributed by atoms with Gasteiger partial charge in [0.05, 0.1) is 0 Å². The fraction of sp³-hybridized carbons (Fsp3) is 0.429. The second kappa shape index (κ2) is 15.4. The van der Waals surface area contributed by atoms with Crippen LogP contribution in [0.15, 0.2) is 60.7 Å². The Morgan fingerprint density at radius 3 is 1.25 bits per heavy atom. The monoisotopic (exact) mass is 590 g/mol. The zero-order chi connectivity index (χ0) is 29.8. The molecular formula is C28H38N4O6S2. The van der Waals surface area contributed by atoms with Crippen LogP contribution in [0.25, 0.3) is 0 Å². The van der Waals surface area contributed by atoms with E-state index in [1.165, 1.54) is 21.6 Å². The van der Waals surface area contributed by atoms with Gasteiger partial charge in [-0.25, -0.2) is 9.59 Å². The molecule has 0 spiro atoms. The van der Waals surface area contributed by atoms with Crippen molar-refractivity contribution in [2.45, 2.75) is 64.8 Å². The Labute approximate surface area is 243 Å². The molecule has 0 fully saturated rings. The molecule has 0 heterocycles. The number of rotatable bonds is 11. The van der Waals surface area contributed by atoms with Gasteiger partial charge in [-0.1, -0.05) is 58.0 Å². The summed E-state index contributed by atoms with van der Waals surface area (Å²) < 4.78 is 10.6. The standard InChI is InChI=1S/C28H38N4O6S2/c1-27(2,3)37-25(35)31-21(23(33)29-19-13-9-7-10-14-19)17-39-40-18-22(32-26(36)38-28(4,5)6)24(34)30-20-15-11-8-12-16-20/h7-16,21-22H,17-18H2,1-6H3,(H,29,33)(H,30,34)(H,31,35)(H,32,36). The van der Waals surface area contributed by atoms with Gasteiger partial charge in [0.25, 0.3) is 0 Å². The van der Waals surface area contributed by atoms with Crippen molar-refractivity contribution in [2.75, 3.05) is 22.1 Å². The third-order valence-electron chi connectivity index (χ3n) is 4.65. The molecule has 40 heavy (non-hydrogen) atoms. The minimum Gasteiger partial charge on any atom is -0.444 e. The maximum atomic E-state index is 13.0. The van der Waals surface area contributed by atoms with Crippen molar-refractivity contribution in [2.24, 2.45) is 0 Å². The van der Waals surface area contributed by atoms with Gasteiger partial charge in [0.15, 0.2) is 0 Å². The minimum atomic E-state index is -0.928. The Balaban J connectivity index is 2.05. The van der Waals surface area contributed by atoms with Crippen LogP contribution >= 0.6 is 21.6 Å². The fourth-order valence-electron chi connectivity index (χ4n) is 3.00. The molecular weight excluding hydrogens is 552 g/mol. The van der Waals surface area contributed by atoms with E-state index in [0.717, 1.165) is 0 Å². The van der Waals surface area contributed by atoms with Crippen molar-refractivity contribution < 1.29 is 28.7 Å². The van der Waals surface area contributed by atoms with Crippen LogP contribution < -0.4 is 21.3 Å². The lowest BCUT2D eigenvalue weighted by molar-refractivity contribution is -0.118. The van der Waals surface area contributed by atoms with E-state index < -0.39 is 47.3 Å². The van der Waals surface area contributed by atoms with Crippen LogP contribution in [0.4, 0.5) is 21.0 Å². The molecule has 0 saturated heterocycles. The van der Waals surface area contributed by atoms with Crippen molar-refractivity contribution in [1.82, 2.24) is 10.6 Å². The molecule has 0 bridgehead atoms. The average Bonchev–Trinajstić information content (AvgIpc) is 2.84. The van der Waals surface area contributed by atoms with Gasteiger partial charge in [0, 0.05) is 22.9 Å². The maximum absolute atomic E-state index is 13.0. The van der Waals surface area contributed by atoms with Crippen LogP contribution in [0.5, 0.6) is 0 Å². The van der Waals surface area contributed by atoms with Crippen LogP contribution in [0.1, 0.15) is 41.5 Å². The van der Waals surface area contributed by atoms with Crippen LogP contribution in [0.3, 0.4) is 0 Å². The van der Waals surface area contributed by atoms with Crippen LogP contribution in [0.2, 0.25) is 0 Å². The molecule has 0 aliphatic carbocycles. The molecule has 0 aliphatic rings. The van der Waals surface area contributed by atoms with E-state index >= 15 is 0 Å². The Hall–Kier alpha value is -3.38. The lowest BCUT2D eigenvalue weighted by atomic mass is 10.2. The predicted octanol–water partition coefficient (Wildman–Crippen LogP) is 5.43. The first-order valence-electron chi connectivity index (χ1n) is 12.7. The Kier molecular flexibility index (Phi) is 12.7. The lowest BCUT2D eigenvalue weighted by Gasteiger charge is -2.24. The average molecular weight is 591 g/mol.